The molecule has 3 nitrogen and oxygen atoms in total. The van der Waals surface area contributed by atoms with Gasteiger partial charge in [-0.3, -0.25) is 4.79 Å². The third-order valence-electron chi connectivity index (χ3n) is 3.00. The maximum absolute atomic E-state index is 12.3. The van der Waals surface area contributed by atoms with Crippen molar-refractivity contribution in [3.05, 3.63) is 33.8 Å². The predicted octanol–water partition coefficient (Wildman–Crippen LogP) is 4.43. The van der Waals surface area contributed by atoms with Gasteiger partial charge in [0.15, 0.2) is 0 Å². The van der Waals surface area contributed by atoms with Crippen LogP contribution in [0.2, 0.25) is 0 Å². The summed E-state index contributed by atoms with van der Waals surface area (Å²) in [5, 5.41) is 5.05. The lowest BCUT2D eigenvalue weighted by molar-refractivity contribution is 0.0940. The summed E-state index contributed by atoms with van der Waals surface area (Å²) in [6, 6.07) is 1.98. The van der Waals surface area contributed by atoms with Gasteiger partial charge in [-0.25, -0.2) is 0 Å². The van der Waals surface area contributed by atoms with Gasteiger partial charge in [-0.1, -0.05) is 26.0 Å². The van der Waals surface area contributed by atoms with Crippen molar-refractivity contribution in [3.63, 3.8) is 0 Å². The van der Waals surface area contributed by atoms with Crippen molar-refractivity contribution < 1.29 is 4.79 Å². The van der Waals surface area contributed by atoms with Crippen LogP contribution in [0.3, 0.4) is 0 Å². The van der Waals surface area contributed by atoms with Crippen LogP contribution >= 0.6 is 27.3 Å². The minimum Gasteiger partial charge on any atom is -0.351 e. The van der Waals surface area contributed by atoms with Crippen molar-refractivity contribution in [2.45, 2.75) is 27.3 Å². The molecule has 5 heteroatoms. The van der Waals surface area contributed by atoms with E-state index in [2.05, 4.69) is 51.1 Å². The molecule has 0 aromatic carbocycles. The SMILES string of the molecule is C/C=C/Cn1c(C(=O)NCC(C)C)cc2scc(Br)c21. The van der Waals surface area contributed by atoms with Crippen LogP contribution in [0.4, 0.5) is 0 Å². The monoisotopic (exact) mass is 354 g/mol. The quantitative estimate of drug-likeness (QED) is 0.791. The number of nitrogens with one attached hydrogen (secondary N) is 1. The molecule has 1 N–H and O–H groups in total. The molecule has 0 spiro atoms. The number of carbonyl (C=O) groups is 1. The lowest BCUT2D eigenvalue weighted by Crippen LogP contribution is -2.29. The number of fused-ring (bicyclic) bond motifs is 1. The van der Waals surface area contributed by atoms with Crippen LogP contribution in [0.25, 0.3) is 10.2 Å². The summed E-state index contributed by atoms with van der Waals surface area (Å²) in [6.07, 6.45) is 4.06. The second-order valence-electron chi connectivity index (χ2n) is 5.11. The lowest BCUT2D eigenvalue weighted by atomic mass is 10.2. The molecule has 0 saturated heterocycles. The fraction of sp³-hybridized carbons (Fsp3) is 0.400. The van der Waals surface area contributed by atoms with Crippen LogP contribution in [0.1, 0.15) is 31.3 Å². The summed E-state index contributed by atoms with van der Waals surface area (Å²) in [6.45, 7) is 7.58. The zero-order valence-electron chi connectivity index (χ0n) is 11.9. The second kappa shape index (κ2) is 6.59. The minimum atomic E-state index is -0.00139. The molecular weight excluding hydrogens is 336 g/mol. The summed E-state index contributed by atoms with van der Waals surface area (Å²) in [5.74, 6) is 0.448. The Balaban J connectivity index is 2.38. The van der Waals surface area contributed by atoms with E-state index in [-0.39, 0.29) is 5.91 Å². The Kier molecular flexibility index (Phi) is 5.05. The summed E-state index contributed by atoms with van der Waals surface area (Å²) in [4.78, 5) is 12.3. The van der Waals surface area contributed by atoms with E-state index in [4.69, 9.17) is 0 Å². The van der Waals surface area contributed by atoms with Gasteiger partial charge in [0.25, 0.3) is 5.91 Å². The number of amides is 1. The van der Waals surface area contributed by atoms with E-state index < -0.39 is 0 Å². The number of rotatable bonds is 5. The van der Waals surface area contributed by atoms with Gasteiger partial charge in [-0.15, -0.1) is 11.3 Å². The van der Waals surface area contributed by atoms with Crippen molar-refractivity contribution in [2.75, 3.05) is 6.54 Å². The molecule has 0 saturated carbocycles. The normalized spacial score (nSPS) is 11.8. The molecule has 0 radical (unpaired) electrons. The molecule has 0 aliphatic rings. The van der Waals surface area contributed by atoms with Crippen LogP contribution in [-0.2, 0) is 6.54 Å². The third kappa shape index (κ3) is 3.15. The first-order chi connectivity index (χ1) is 9.54. The van der Waals surface area contributed by atoms with Crippen LogP contribution in [0, 0.1) is 5.92 Å². The zero-order valence-corrected chi connectivity index (χ0v) is 14.3. The summed E-state index contributed by atoms with van der Waals surface area (Å²) < 4.78 is 4.24. The van der Waals surface area contributed by atoms with Crippen LogP contribution in [0.15, 0.2) is 28.1 Å². The van der Waals surface area contributed by atoms with Crippen molar-refractivity contribution in [1.29, 1.82) is 0 Å². The lowest BCUT2D eigenvalue weighted by Gasteiger charge is -2.10. The van der Waals surface area contributed by atoms with E-state index in [9.17, 15) is 4.79 Å². The highest BCUT2D eigenvalue weighted by Crippen LogP contribution is 2.33. The van der Waals surface area contributed by atoms with E-state index in [1.54, 1.807) is 11.3 Å². The molecule has 1 amide bonds. The van der Waals surface area contributed by atoms with Crippen LogP contribution in [0.5, 0.6) is 0 Å². The topological polar surface area (TPSA) is 34.0 Å². The Bertz CT molecular complexity index is 640. The number of halogens is 1. The summed E-state index contributed by atoms with van der Waals surface area (Å²) in [7, 11) is 0. The van der Waals surface area contributed by atoms with E-state index in [1.165, 1.54) is 0 Å². The van der Waals surface area contributed by atoms with Gasteiger partial charge in [0, 0.05) is 18.5 Å². The van der Waals surface area contributed by atoms with Crippen LogP contribution in [-0.4, -0.2) is 17.0 Å². The average molecular weight is 355 g/mol. The Morgan fingerprint density at radius 2 is 2.30 bits per heavy atom. The maximum atomic E-state index is 12.3. The molecular formula is C15H19BrN2OS. The molecule has 108 valence electrons. The third-order valence-corrected chi connectivity index (χ3v) is 4.83. The van der Waals surface area contributed by atoms with Gasteiger partial charge in [0.2, 0.25) is 0 Å². The fourth-order valence-electron chi connectivity index (χ4n) is 2.01. The first-order valence-electron chi connectivity index (χ1n) is 6.70. The molecule has 0 aliphatic heterocycles. The molecule has 0 atom stereocenters. The molecule has 2 aromatic heterocycles. The van der Waals surface area contributed by atoms with E-state index in [0.29, 0.717) is 19.0 Å². The highest BCUT2D eigenvalue weighted by atomic mass is 79.9. The smallest absolute Gasteiger partial charge is 0.267 e. The highest BCUT2D eigenvalue weighted by Gasteiger charge is 2.17. The molecule has 0 unspecified atom stereocenters. The van der Waals surface area contributed by atoms with Crippen molar-refractivity contribution in [1.82, 2.24) is 9.88 Å². The van der Waals surface area contributed by atoms with Gasteiger partial charge < -0.3 is 9.88 Å². The number of nitrogens with zero attached hydrogens (tertiary/aromatic N) is 1. The number of hydrogen-bond donors (Lipinski definition) is 1. The number of allylic oxidation sites excluding steroid dienone is 2. The predicted molar refractivity (Wildman–Crippen MR) is 89.5 cm³/mol. The number of aromatic nitrogens is 1. The van der Waals surface area contributed by atoms with Gasteiger partial charge in [-0.05, 0) is 34.8 Å². The Morgan fingerprint density at radius 1 is 1.55 bits per heavy atom. The minimum absolute atomic E-state index is 0.00139. The summed E-state index contributed by atoms with van der Waals surface area (Å²) >= 11 is 5.22. The molecule has 2 rings (SSSR count). The summed E-state index contributed by atoms with van der Waals surface area (Å²) in [5.41, 5.74) is 1.83. The Morgan fingerprint density at radius 3 is 2.95 bits per heavy atom. The van der Waals surface area contributed by atoms with Gasteiger partial charge >= 0.3 is 0 Å². The van der Waals surface area contributed by atoms with E-state index in [0.717, 1.165) is 20.4 Å². The molecule has 20 heavy (non-hydrogen) atoms. The first-order valence-corrected chi connectivity index (χ1v) is 8.37. The van der Waals surface area contributed by atoms with E-state index >= 15 is 0 Å². The average Bonchev–Trinajstić information content (AvgIpc) is 2.94. The molecule has 0 fully saturated rings. The standard InChI is InChI=1S/C15H19BrN2OS/c1-4-5-6-18-12(15(19)17-8-10(2)3)7-13-14(18)11(16)9-20-13/h4-5,7,9-10H,6,8H2,1-3H3,(H,17,19)/b5-4+. The maximum Gasteiger partial charge on any atom is 0.267 e. The fourth-order valence-corrected chi connectivity index (χ4v) is 3.70. The highest BCUT2D eigenvalue weighted by molar-refractivity contribution is 9.10. The number of thiophene rings is 1. The number of carbonyl (C=O) groups excluding carboxylic acids is 1. The van der Waals surface area contributed by atoms with Gasteiger partial charge in [-0.2, -0.15) is 0 Å². The van der Waals surface area contributed by atoms with Gasteiger partial charge in [0.05, 0.1) is 14.7 Å². The number of hydrogen-bond acceptors (Lipinski definition) is 2. The molecule has 0 aliphatic carbocycles. The molecule has 2 heterocycles. The molecule has 0 bridgehead atoms. The first kappa shape index (κ1) is 15.3. The van der Waals surface area contributed by atoms with Crippen LogP contribution < -0.4 is 5.32 Å². The zero-order chi connectivity index (χ0) is 14.7. The largest absolute Gasteiger partial charge is 0.351 e. The van der Waals surface area contributed by atoms with Crippen molar-refractivity contribution in [3.8, 4) is 0 Å². The second-order valence-corrected chi connectivity index (χ2v) is 6.88. The van der Waals surface area contributed by atoms with Crippen molar-refractivity contribution in [2.24, 2.45) is 5.92 Å². The Labute approximate surface area is 131 Å². The Hall–Kier alpha value is -1.07. The van der Waals surface area contributed by atoms with Crippen molar-refractivity contribution >= 4 is 43.4 Å². The van der Waals surface area contributed by atoms with E-state index in [1.807, 2.05) is 19.1 Å². The molecule has 2 aromatic rings. The van der Waals surface area contributed by atoms with Gasteiger partial charge in [0.1, 0.15) is 5.69 Å².